The number of hydrogen-bond donors (Lipinski definition) is 1. The Morgan fingerprint density at radius 2 is 1.45 bits per heavy atom. The highest BCUT2D eigenvalue weighted by Gasteiger charge is 2.75. The van der Waals surface area contributed by atoms with Gasteiger partial charge >= 0.3 is 24.4 Å². The van der Waals surface area contributed by atoms with Crippen LogP contribution in [0.2, 0.25) is 0 Å². The van der Waals surface area contributed by atoms with Crippen LogP contribution in [-0.2, 0) is 6.18 Å². The number of nitrogens with one attached hydrogen (secondary N) is 1. The number of hydrogen-bond acceptors (Lipinski definition) is 3. The second-order valence-electron chi connectivity index (χ2n) is 8.78. The largest absolute Gasteiger partial charge is 0.474 e. The number of halogens is 10. The second-order valence-corrected chi connectivity index (χ2v) is 8.78. The summed E-state index contributed by atoms with van der Waals surface area (Å²) in [6, 6.07) is 14.4. The Bertz CT molecular complexity index is 1590. The molecule has 0 fully saturated rings. The fourth-order valence-electron chi connectivity index (χ4n) is 4.20. The van der Waals surface area contributed by atoms with Crippen LogP contribution in [-0.4, -0.2) is 27.8 Å². The topological polar surface area (TPSA) is 39.1 Å². The van der Waals surface area contributed by atoms with Gasteiger partial charge in [0.1, 0.15) is 5.75 Å². The molecule has 2 heterocycles. The third-order valence-electron chi connectivity index (χ3n) is 6.13. The molecule has 3 aromatic carbocycles. The van der Waals surface area contributed by atoms with Crippen molar-refractivity contribution in [3.8, 4) is 5.75 Å². The molecule has 0 saturated carbocycles. The zero-order chi connectivity index (χ0) is 29.1. The summed E-state index contributed by atoms with van der Waals surface area (Å²) in [6.07, 6.45) is -15.5. The molecule has 1 atom stereocenters. The molecule has 0 radical (unpaired) electrons. The van der Waals surface area contributed by atoms with Gasteiger partial charge in [-0.05, 0) is 65.7 Å². The standard InChI is InChI=1S/C26H15F10N3O/c27-23(28,29)16-5-3-4-15(12-16)21-13-19(38-22-37-18-6-1-2-7-20(18)39(21)22)14-8-10-17(11-9-14)40-26(35,36)24(30,31)25(32,33)34/h1-13,21H,(H,37,38)/t21-/m0/s1. The van der Waals surface area contributed by atoms with Crippen LogP contribution in [0.4, 0.5) is 49.9 Å². The summed E-state index contributed by atoms with van der Waals surface area (Å²) in [6.45, 7) is 0. The molecule has 0 bridgehead atoms. The summed E-state index contributed by atoms with van der Waals surface area (Å²) < 4.78 is 137. The van der Waals surface area contributed by atoms with Gasteiger partial charge in [-0.15, -0.1) is 0 Å². The average Bonchev–Trinajstić information content (AvgIpc) is 3.26. The van der Waals surface area contributed by atoms with Crippen LogP contribution in [0, 0.1) is 0 Å². The van der Waals surface area contributed by atoms with E-state index in [1.54, 1.807) is 34.9 Å². The van der Waals surface area contributed by atoms with Crippen LogP contribution < -0.4 is 10.1 Å². The van der Waals surface area contributed by atoms with Crippen molar-refractivity contribution in [3.05, 3.63) is 95.6 Å². The van der Waals surface area contributed by atoms with E-state index in [-0.39, 0.29) is 22.8 Å². The number of aromatic nitrogens is 2. The molecule has 0 unspecified atom stereocenters. The Balaban J connectivity index is 1.53. The monoisotopic (exact) mass is 575 g/mol. The predicted octanol–water partition coefficient (Wildman–Crippen LogP) is 8.28. The Kier molecular flexibility index (Phi) is 6.27. The number of alkyl halides is 10. The molecule has 210 valence electrons. The lowest BCUT2D eigenvalue weighted by Gasteiger charge is -2.28. The van der Waals surface area contributed by atoms with Gasteiger partial charge < -0.3 is 10.1 Å². The third kappa shape index (κ3) is 4.71. The van der Waals surface area contributed by atoms with Gasteiger partial charge in [-0.2, -0.15) is 43.9 Å². The maximum absolute atomic E-state index is 13.7. The first-order valence-corrected chi connectivity index (χ1v) is 11.3. The van der Waals surface area contributed by atoms with Gasteiger partial charge in [-0.3, -0.25) is 4.57 Å². The summed E-state index contributed by atoms with van der Waals surface area (Å²) in [7, 11) is 0. The Morgan fingerprint density at radius 3 is 2.10 bits per heavy atom. The van der Waals surface area contributed by atoms with Gasteiger partial charge in [0.2, 0.25) is 5.95 Å². The summed E-state index contributed by atoms with van der Waals surface area (Å²) in [5.41, 5.74) is 0.958. The first-order valence-electron chi connectivity index (χ1n) is 11.3. The van der Waals surface area contributed by atoms with Gasteiger partial charge in [0.15, 0.2) is 0 Å². The number of fused-ring (bicyclic) bond motifs is 3. The van der Waals surface area contributed by atoms with Gasteiger partial charge in [-0.1, -0.05) is 24.3 Å². The maximum atomic E-state index is 13.7. The van der Waals surface area contributed by atoms with Crippen LogP contribution in [0.5, 0.6) is 5.75 Å². The number of allylic oxidation sites excluding steroid dienone is 1. The molecule has 1 N–H and O–H groups in total. The van der Waals surface area contributed by atoms with Gasteiger partial charge in [0.05, 0.1) is 22.6 Å². The van der Waals surface area contributed by atoms with E-state index in [1.807, 2.05) is 0 Å². The average molecular weight is 575 g/mol. The molecular weight excluding hydrogens is 560 g/mol. The van der Waals surface area contributed by atoms with Gasteiger partial charge in [0, 0.05) is 5.70 Å². The highest BCUT2D eigenvalue weighted by atomic mass is 19.4. The summed E-state index contributed by atoms with van der Waals surface area (Å²) >= 11 is 0. The number of ether oxygens (including phenoxy) is 1. The van der Waals surface area contributed by atoms with E-state index in [0.717, 1.165) is 36.4 Å². The molecule has 0 saturated heterocycles. The zero-order valence-corrected chi connectivity index (χ0v) is 19.7. The number of rotatable bonds is 5. The van der Waals surface area contributed by atoms with Crippen molar-refractivity contribution in [1.29, 1.82) is 0 Å². The van der Waals surface area contributed by atoms with Crippen molar-refractivity contribution in [2.75, 3.05) is 5.32 Å². The molecule has 0 aliphatic carbocycles. The number of para-hydroxylation sites is 2. The van der Waals surface area contributed by atoms with Crippen LogP contribution >= 0.6 is 0 Å². The minimum absolute atomic E-state index is 0.230. The fraction of sp³-hybridized carbons (Fsp3) is 0.192. The lowest BCUT2D eigenvalue weighted by molar-refractivity contribution is -0.402. The number of anilines is 1. The van der Waals surface area contributed by atoms with Crippen molar-refractivity contribution in [2.45, 2.75) is 30.4 Å². The van der Waals surface area contributed by atoms with Gasteiger partial charge in [0.25, 0.3) is 0 Å². The quantitative estimate of drug-likeness (QED) is 0.244. The Morgan fingerprint density at radius 1 is 0.775 bits per heavy atom. The summed E-state index contributed by atoms with van der Waals surface area (Å²) in [4.78, 5) is 4.47. The normalized spacial score (nSPS) is 16.4. The van der Waals surface area contributed by atoms with Crippen molar-refractivity contribution in [2.24, 2.45) is 0 Å². The zero-order valence-electron chi connectivity index (χ0n) is 19.7. The third-order valence-corrected chi connectivity index (χ3v) is 6.13. The Labute approximate surface area is 218 Å². The lowest BCUT2D eigenvalue weighted by atomic mass is 9.99. The number of benzene rings is 3. The van der Waals surface area contributed by atoms with Crippen molar-refractivity contribution < 1.29 is 48.6 Å². The number of imidazole rings is 1. The van der Waals surface area contributed by atoms with Crippen LogP contribution in [0.1, 0.15) is 22.7 Å². The van der Waals surface area contributed by atoms with E-state index in [1.165, 1.54) is 12.1 Å². The van der Waals surface area contributed by atoms with Crippen LogP contribution in [0.3, 0.4) is 0 Å². The molecule has 4 nitrogen and oxygen atoms in total. The predicted molar refractivity (Wildman–Crippen MR) is 124 cm³/mol. The molecule has 14 heteroatoms. The van der Waals surface area contributed by atoms with E-state index in [2.05, 4.69) is 15.0 Å². The first kappa shape index (κ1) is 27.3. The Hall–Kier alpha value is -4.23. The second kappa shape index (κ2) is 9.17. The van der Waals surface area contributed by atoms with E-state index in [0.29, 0.717) is 11.0 Å². The summed E-state index contributed by atoms with van der Waals surface area (Å²) in [5, 5.41) is 2.99. The minimum atomic E-state index is -6.56. The van der Waals surface area contributed by atoms with E-state index < -0.39 is 41.7 Å². The maximum Gasteiger partial charge on any atom is 0.474 e. The minimum Gasteiger partial charge on any atom is -0.428 e. The highest BCUT2D eigenvalue weighted by molar-refractivity contribution is 5.85. The van der Waals surface area contributed by atoms with Gasteiger partial charge in [-0.25, -0.2) is 4.98 Å². The van der Waals surface area contributed by atoms with Crippen molar-refractivity contribution >= 4 is 22.7 Å². The van der Waals surface area contributed by atoms with Crippen molar-refractivity contribution in [3.63, 3.8) is 0 Å². The van der Waals surface area contributed by atoms with E-state index in [9.17, 15) is 43.9 Å². The molecule has 0 amide bonds. The molecule has 4 aromatic rings. The van der Waals surface area contributed by atoms with Crippen LogP contribution in [0.25, 0.3) is 16.7 Å². The SMILES string of the molecule is FC(F)(F)c1cccc([C@@H]2C=C(c3ccc(OC(F)(F)C(F)(F)C(F)(F)F)cc3)Nc3nc4ccccc4n32)c1. The molecule has 5 rings (SSSR count). The first-order chi connectivity index (χ1) is 18.6. The molecular formula is C26H15F10N3O. The van der Waals surface area contributed by atoms with E-state index >= 15 is 0 Å². The molecule has 40 heavy (non-hydrogen) atoms. The van der Waals surface area contributed by atoms with Crippen molar-refractivity contribution in [1.82, 2.24) is 9.55 Å². The lowest BCUT2D eigenvalue weighted by Crippen LogP contribution is -2.55. The number of nitrogens with zero attached hydrogens (tertiary/aromatic N) is 2. The molecule has 1 aliphatic rings. The van der Waals surface area contributed by atoms with Crippen LogP contribution in [0.15, 0.2) is 78.9 Å². The molecule has 1 aromatic heterocycles. The molecule has 0 spiro atoms. The van der Waals surface area contributed by atoms with E-state index in [4.69, 9.17) is 0 Å². The highest BCUT2D eigenvalue weighted by Crippen LogP contribution is 2.47. The summed E-state index contributed by atoms with van der Waals surface area (Å²) in [5.74, 6) is -7.20. The smallest absolute Gasteiger partial charge is 0.428 e. The fourth-order valence-corrected chi connectivity index (χ4v) is 4.20. The molecule has 1 aliphatic heterocycles.